The average Bonchev–Trinajstić information content (AvgIpc) is 2.59. The number of rotatable bonds is 5. The number of benzene rings is 1. The molecule has 7 heteroatoms. The number of carbonyl (C=O) groups excluding carboxylic acids is 2. The molecule has 0 aliphatic heterocycles. The Balaban J connectivity index is 2.20. The van der Waals surface area contributed by atoms with Crippen molar-refractivity contribution in [3.05, 3.63) is 65.7 Å². The highest BCUT2D eigenvalue weighted by Gasteiger charge is 2.22. The highest BCUT2D eigenvalue weighted by atomic mass is 19.1. The molecule has 1 heterocycles. The molecule has 2 rings (SSSR count). The minimum atomic E-state index is -0.688. The number of urea groups is 1. The first kappa shape index (κ1) is 18.4. The third kappa shape index (κ3) is 5.00. The number of aromatic nitrogens is 1. The van der Waals surface area contributed by atoms with E-state index in [9.17, 15) is 14.0 Å². The summed E-state index contributed by atoms with van der Waals surface area (Å²) in [5.41, 5.74) is 1.12. The van der Waals surface area contributed by atoms with E-state index in [0.29, 0.717) is 11.3 Å². The van der Waals surface area contributed by atoms with E-state index < -0.39 is 23.9 Å². The zero-order valence-electron chi connectivity index (χ0n) is 14.4. The number of likely N-dealkylation sites (N-methyl/N-ethyl adjacent to an activating group) is 1. The molecule has 6 nitrogen and oxygen atoms in total. The van der Waals surface area contributed by atoms with Gasteiger partial charge in [-0.3, -0.25) is 9.78 Å². The molecule has 25 heavy (non-hydrogen) atoms. The van der Waals surface area contributed by atoms with Gasteiger partial charge in [0.05, 0.1) is 11.7 Å². The summed E-state index contributed by atoms with van der Waals surface area (Å²) >= 11 is 0. The number of pyridine rings is 1. The van der Waals surface area contributed by atoms with Crippen LogP contribution in [0.4, 0.5) is 9.18 Å². The monoisotopic (exact) mass is 344 g/mol. The van der Waals surface area contributed by atoms with Crippen molar-refractivity contribution in [2.24, 2.45) is 0 Å². The lowest BCUT2D eigenvalue weighted by Gasteiger charge is -2.22. The van der Waals surface area contributed by atoms with Gasteiger partial charge in [0.2, 0.25) is 5.91 Å². The van der Waals surface area contributed by atoms with Crippen LogP contribution in [0, 0.1) is 5.82 Å². The first-order valence-corrected chi connectivity index (χ1v) is 7.83. The molecule has 0 fully saturated rings. The van der Waals surface area contributed by atoms with Crippen molar-refractivity contribution >= 4 is 11.9 Å². The van der Waals surface area contributed by atoms with E-state index >= 15 is 0 Å². The van der Waals surface area contributed by atoms with Crippen LogP contribution in [0.5, 0.6) is 0 Å². The predicted molar refractivity (Wildman–Crippen MR) is 92.3 cm³/mol. The van der Waals surface area contributed by atoms with Crippen LogP contribution in [0.1, 0.15) is 24.2 Å². The Bertz CT molecular complexity index is 737. The summed E-state index contributed by atoms with van der Waals surface area (Å²) < 4.78 is 13.6. The maximum Gasteiger partial charge on any atom is 0.316 e. The molecule has 0 saturated carbocycles. The molecule has 1 aromatic heterocycles. The molecule has 132 valence electrons. The van der Waals surface area contributed by atoms with Gasteiger partial charge in [-0.15, -0.1) is 0 Å². The number of hydrogen-bond acceptors (Lipinski definition) is 3. The van der Waals surface area contributed by atoms with Crippen LogP contribution in [0.15, 0.2) is 48.7 Å². The van der Waals surface area contributed by atoms with Crippen molar-refractivity contribution in [1.82, 2.24) is 20.5 Å². The molecular formula is C18H21FN4O2. The van der Waals surface area contributed by atoms with Gasteiger partial charge in [0, 0.05) is 20.3 Å². The van der Waals surface area contributed by atoms with Crippen LogP contribution in [0.25, 0.3) is 0 Å². The second-order valence-electron chi connectivity index (χ2n) is 5.81. The van der Waals surface area contributed by atoms with Gasteiger partial charge >= 0.3 is 6.03 Å². The van der Waals surface area contributed by atoms with Crippen molar-refractivity contribution < 1.29 is 14.0 Å². The van der Waals surface area contributed by atoms with Crippen LogP contribution in [0.2, 0.25) is 0 Å². The number of carbonyl (C=O) groups is 2. The second kappa shape index (κ2) is 8.23. The van der Waals surface area contributed by atoms with E-state index in [1.165, 1.54) is 17.0 Å². The SMILES string of the molecule is C[C@H](NC(=O)N[C@H](c1cccc(F)c1)c1ccccn1)C(=O)N(C)C. The van der Waals surface area contributed by atoms with Gasteiger partial charge in [0.15, 0.2) is 0 Å². The maximum absolute atomic E-state index is 13.6. The molecule has 0 bridgehead atoms. The fourth-order valence-electron chi connectivity index (χ4n) is 2.38. The smallest absolute Gasteiger partial charge is 0.316 e. The zero-order valence-corrected chi connectivity index (χ0v) is 14.4. The van der Waals surface area contributed by atoms with Gasteiger partial charge in [0.1, 0.15) is 11.9 Å². The Morgan fingerprint density at radius 3 is 2.48 bits per heavy atom. The normalized spacial score (nSPS) is 12.8. The summed E-state index contributed by atoms with van der Waals surface area (Å²) in [4.78, 5) is 29.8. The molecule has 0 radical (unpaired) electrons. The topological polar surface area (TPSA) is 74.3 Å². The summed E-state index contributed by atoms with van der Waals surface area (Å²) in [5, 5.41) is 5.33. The summed E-state index contributed by atoms with van der Waals surface area (Å²) in [6.07, 6.45) is 1.60. The third-order valence-electron chi connectivity index (χ3n) is 3.60. The van der Waals surface area contributed by atoms with Crippen molar-refractivity contribution in [2.45, 2.75) is 19.0 Å². The molecule has 0 spiro atoms. The summed E-state index contributed by atoms with van der Waals surface area (Å²) in [7, 11) is 3.23. The largest absolute Gasteiger partial charge is 0.347 e. The minimum Gasteiger partial charge on any atom is -0.347 e. The lowest BCUT2D eigenvalue weighted by Crippen LogP contribution is -2.49. The quantitative estimate of drug-likeness (QED) is 0.872. The minimum absolute atomic E-state index is 0.227. The van der Waals surface area contributed by atoms with Gasteiger partial charge in [-0.25, -0.2) is 9.18 Å². The molecule has 3 amide bonds. The Morgan fingerprint density at radius 2 is 1.88 bits per heavy atom. The van der Waals surface area contributed by atoms with E-state index in [2.05, 4.69) is 15.6 Å². The van der Waals surface area contributed by atoms with Gasteiger partial charge in [-0.05, 0) is 36.8 Å². The lowest BCUT2D eigenvalue weighted by atomic mass is 10.0. The van der Waals surface area contributed by atoms with Crippen molar-refractivity contribution in [2.75, 3.05) is 14.1 Å². The number of nitrogens with one attached hydrogen (secondary N) is 2. The van der Waals surface area contributed by atoms with Crippen LogP contribution in [0.3, 0.4) is 0 Å². The van der Waals surface area contributed by atoms with Gasteiger partial charge in [-0.2, -0.15) is 0 Å². The molecule has 2 aromatic rings. The Kier molecular flexibility index (Phi) is 6.05. The Hall–Kier alpha value is -2.96. The van der Waals surface area contributed by atoms with E-state index in [1.807, 2.05) is 0 Å². The highest BCUT2D eigenvalue weighted by molar-refractivity contribution is 5.86. The van der Waals surface area contributed by atoms with Gasteiger partial charge in [0.25, 0.3) is 0 Å². The summed E-state index contributed by atoms with van der Waals surface area (Å²) in [6.45, 7) is 1.60. The van der Waals surface area contributed by atoms with E-state index in [4.69, 9.17) is 0 Å². The molecule has 2 atom stereocenters. The zero-order chi connectivity index (χ0) is 18.4. The second-order valence-corrected chi connectivity index (χ2v) is 5.81. The van der Waals surface area contributed by atoms with Crippen LogP contribution in [-0.2, 0) is 4.79 Å². The fourth-order valence-corrected chi connectivity index (χ4v) is 2.38. The average molecular weight is 344 g/mol. The van der Waals surface area contributed by atoms with Gasteiger partial charge in [-0.1, -0.05) is 18.2 Å². The lowest BCUT2D eigenvalue weighted by molar-refractivity contribution is -0.130. The molecule has 0 saturated heterocycles. The Labute approximate surface area is 146 Å². The molecule has 0 unspecified atom stereocenters. The van der Waals surface area contributed by atoms with E-state index in [-0.39, 0.29) is 5.91 Å². The molecule has 0 aliphatic carbocycles. The maximum atomic E-state index is 13.6. The highest BCUT2D eigenvalue weighted by Crippen LogP contribution is 2.20. The molecule has 1 aromatic carbocycles. The fraction of sp³-hybridized carbons (Fsp3) is 0.278. The summed E-state index contributed by atoms with van der Waals surface area (Å²) in [5.74, 6) is -0.632. The molecule has 0 aliphatic rings. The van der Waals surface area contributed by atoms with Crippen LogP contribution < -0.4 is 10.6 Å². The molecular weight excluding hydrogens is 323 g/mol. The predicted octanol–water partition coefficient (Wildman–Crippen LogP) is 2.09. The molecule has 2 N–H and O–H groups in total. The standard InChI is InChI=1S/C18H21FN4O2/c1-12(17(24)23(2)3)21-18(25)22-16(15-9-4-5-10-20-15)13-7-6-8-14(19)11-13/h4-12,16H,1-3H3,(H2,21,22,25)/t12-,16+/m0/s1. The van der Waals surface area contributed by atoms with E-state index in [0.717, 1.165) is 0 Å². The van der Waals surface area contributed by atoms with E-state index in [1.54, 1.807) is 57.5 Å². The Morgan fingerprint density at radius 1 is 1.12 bits per heavy atom. The first-order chi connectivity index (χ1) is 11.9. The van der Waals surface area contributed by atoms with Crippen LogP contribution >= 0.6 is 0 Å². The third-order valence-corrected chi connectivity index (χ3v) is 3.60. The number of hydrogen-bond donors (Lipinski definition) is 2. The number of nitrogens with zero attached hydrogens (tertiary/aromatic N) is 2. The number of halogens is 1. The summed E-state index contributed by atoms with van der Waals surface area (Å²) in [6, 6.07) is 9.36. The van der Waals surface area contributed by atoms with Crippen molar-refractivity contribution in [1.29, 1.82) is 0 Å². The van der Waals surface area contributed by atoms with Crippen molar-refractivity contribution in [3.63, 3.8) is 0 Å². The first-order valence-electron chi connectivity index (χ1n) is 7.83. The number of amides is 3. The van der Waals surface area contributed by atoms with Crippen LogP contribution in [-0.4, -0.2) is 42.0 Å². The van der Waals surface area contributed by atoms with Gasteiger partial charge < -0.3 is 15.5 Å². The van der Waals surface area contributed by atoms with Crippen molar-refractivity contribution in [3.8, 4) is 0 Å².